The predicted molar refractivity (Wildman–Crippen MR) is 76.0 cm³/mol. The Morgan fingerprint density at radius 1 is 1.16 bits per heavy atom. The van der Waals surface area contributed by atoms with E-state index in [-0.39, 0.29) is 0 Å². The zero-order chi connectivity index (χ0) is 13.1. The Morgan fingerprint density at radius 2 is 1.95 bits per heavy atom. The van der Waals surface area contributed by atoms with Gasteiger partial charge in [0.1, 0.15) is 0 Å². The first-order valence-electron chi connectivity index (χ1n) is 7.95. The van der Waals surface area contributed by atoms with E-state index in [0.29, 0.717) is 5.92 Å². The van der Waals surface area contributed by atoms with Crippen LogP contribution in [0.5, 0.6) is 0 Å². The van der Waals surface area contributed by atoms with E-state index in [1.165, 1.54) is 62.8 Å². The Balaban J connectivity index is 1.72. The molecule has 0 saturated heterocycles. The number of nitrogens with one attached hydrogen (secondary N) is 1. The third kappa shape index (κ3) is 2.83. The van der Waals surface area contributed by atoms with Crippen molar-refractivity contribution >= 4 is 0 Å². The van der Waals surface area contributed by atoms with Crippen molar-refractivity contribution in [3.63, 3.8) is 0 Å². The van der Waals surface area contributed by atoms with Gasteiger partial charge in [0.05, 0.1) is 11.4 Å². The number of aryl methyl sites for hydroxylation is 1. The molecule has 4 nitrogen and oxygen atoms in total. The summed E-state index contributed by atoms with van der Waals surface area (Å²) in [5.41, 5.74) is 2.62. The number of hydrogen-bond donors (Lipinski definition) is 1. The second-order valence-electron chi connectivity index (χ2n) is 6.24. The van der Waals surface area contributed by atoms with Gasteiger partial charge in [0.2, 0.25) is 0 Å². The van der Waals surface area contributed by atoms with Crippen molar-refractivity contribution in [2.45, 2.75) is 70.4 Å². The van der Waals surface area contributed by atoms with Crippen LogP contribution < -0.4 is 5.32 Å². The van der Waals surface area contributed by atoms with Crippen molar-refractivity contribution in [3.8, 4) is 0 Å². The fourth-order valence-corrected chi connectivity index (χ4v) is 3.55. The number of hydrogen-bond acceptors (Lipinski definition) is 3. The van der Waals surface area contributed by atoms with E-state index in [9.17, 15) is 0 Å². The second kappa shape index (κ2) is 6.04. The highest BCUT2D eigenvalue weighted by molar-refractivity contribution is 5.17. The monoisotopic (exact) mass is 262 g/mol. The van der Waals surface area contributed by atoms with Crippen LogP contribution in [0.25, 0.3) is 0 Å². The molecule has 0 unspecified atom stereocenters. The molecule has 2 fully saturated rings. The molecule has 19 heavy (non-hydrogen) atoms. The van der Waals surface area contributed by atoms with E-state index < -0.39 is 0 Å². The van der Waals surface area contributed by atoms with Crippen molar-refractivity contribution in [3.05, 3.63) is 11.4 Å². The maximum atomic E-state index is 4.44. The van der Waals surface area contributed by atoms with Crippen molar-refractivity contribution in [2.24, 2.45) is 5.92 Å². The van der Waals surface area contributed by atoms with E-state index in [4.69, 9.17) is 0 Å². The predicted octanol–water partition coefficient (Wildman–Crippen LogP) is 2.85. The van der Waals surface area contributed by atoms with Crippen LogP contribution >= 0.6 is 0 Å². The molecule has 0 spiro atoms. The van der Waals surface area contributed by atoms with Crippen LogP contribution in [0.2, 0.25) is 0 Å². The van der Waals surface area contributed by atoms with Gasteiger partial charge in [-0.2, -0.15) is 0 Å². The van der Waals surface area contributed by atoms with E-state index in [1.807, 2.05) is 7.05 Å². The fourth-order valence-electron chi connectivity index (χ4n) is 3.55. The summed E-state index contributed by atoms with van der Waals surface area (Å²) in [6, 6.07) is 0. The van der Waals surface area contributed by atoms with E-state index >= 15 is 0 Å². The third-order valence-corrected chi connectivity index (χ3v) is 4.91. The fraction of sp³-hybridized carbons (Fsp3) is 0.867. The molecule has 1 N–H and O–H groups in total. The average molecular weight is 262 g/mol. The first kappa shape index (κ1) is 13.1. The van der Waals surface area contributed by atoms with Crippen LogP contribution in [-0.4, -0.2) is 22.0 Å². The molecule has 0 aliphatic heterocycles. The molecule has 2 aliphatic carbocycles. The van der Waals surface area contributed by atoms with E-state index in [2.05, 4.69) is 20.3 Å². The SMILES string of the molecule is CNCc1nnn(CCC2CCC2)c1C1CCCC1. The summed E-state index contributed by atoms with van der Waals surface area (Å²) in [4.78, 5) is 0. The first-order valence-corrected chi connectivity index (χ1v) is 7.95. The van der Waals surface area contributed by atoms with E-state index in [0.717, 1.165) is 19.0 Å². The summed E-state index contributed by atoms with van der Waals surface area (Å²) < 4.78 is 2.22. The molecule has 1 heterocycles. The molecule has 3 rings (SSSR count). The van der Waals surface area contributed by atoms with Gasteiger partial charge in [-0.15, -0.1) is 5.10 Å². The Morgan fingerprint density at radius 3 is 2.58 bits per heavy atom. The van der Waals surface area contributed by atoms with Gasteiger partial charge in [-0.25, -0.2) is 4.68 Å². The summed E-state index contributed by atoms with van der Waals surface area (Å²) in [7, 11) is 1.99. The highest BCUT2D eigenvalue weighted by Gasteiger charge is 2.26. The van der Waals surface area contributed by atoms with Crippen molar-refractivity contribution in [1.29, 1.82) is 0 Å². The van der Waals surface area contributed by atoms with E-state index in [1.54, 1.807) is 0 Å². The summed E-state index contributed by atoms with van der Waals surface area (Å²) in [5, 5.41) is 12.1. The molecular formula is C15H26N4. The molecular weight excluding hydrogens is 236 g/mol. The summed E-state index contributed by atoms with van der Waals surface area (Å²) in [6.07, 6.45) is 11.0. The minimum absolute atomic E-state index is 0.708. The van der Waals surface area contributed by atoms with Crippen LogP contribution in [0.3, 0.4) is 0 Å². The van der Waals surface area contributed by atoms with Gasteiger partial charge < -0.3 is 5.32 Å². The number of aromatic nitrogens is 3. The Hall–Kier alpha value is -0.900. The highest BCUT2D eigenvalue weighted by Crippen LogP contribution is 2.36. The molecule has 0 atom stereocenters. The smallest absolute Gasteiger partial charge is 0.0999 e. The van der Waals surface area contributed by atoms with Gasteiger partial charge in [-0.05, 0) is 32.2 Å². The Bertz CT molecular complexity index is 402. The molecule has 0 radical (unpaired) electrons. The second-order valence-corrected chi connectivity index (χ2v) is 6.24. The summed E-state index contributed by atoms with van der Waals surface area (Å²) >= 11 is 0. The van der Waals surface area contributed by atoms with Crippen molar-refractivity contribution in [1.82, 2.24) is 20.3 Å². The van der Waals surface area contributed by atoms with Crippen LogP contribution in [0.4, 0.5) is 0 Å². The minimum Gasteiger partial charge on any atom is -0.314 e. The minimum atomic E-state index is 0.708. The van der Waals surface area contributed by atoms with Gasteiger partial charge in [0.25, 0.3) is 0 Å². The normalized spacial score (nSPS) is 20.9. The maximum Gasteiger partial charge on any atom is 0.0999 e. The Kier molecular flexibility index (Phi) is 4.16. The number of rotatable bonds is 6. The lowest BCUT2D eigenvalue weighted by atomic mass is 9.83. The van der Waals surface area contributed by atoms with Gasteiger partial charge >= 0.3 is 0 Å². The van der Waals surface area contributed by atoms with Gasteiger partial charge in [0, 0.05) is 19.0 Å². The lowest BCUT2D eigenvalue weighted by Crippen LogP contribution is -2.17. The molecule has 2 saturated carbocycles. The van der Waals surface area contributed by atoms with Crippen LogP contribution in [0, 0.1) is 5.92 Å². The zero-order valence-electron chi connectivity index (χ0n) is 12.1. The lowest BCUT2D eigenvalue weighted by molar-refractivity contribution is 0.274. The van der Waals surface area contributed by atoms with Crippen molar-refractivity contribution < 1.29 is 0 Å². The average Bonchev–Trinajstić information content (AvgIpc) is 2.96. The molecule has 106 valence electrons. The van der Waals surface area contributed by atoms with Gasteiger partial charge in [-0.1, -0.05) is 37.3 Å². The molecule has 1 aromatic heterocycles. The lowest BCUT2D eigenvalue weighted by Gasteiger charge is -2.25. The van der Waals surface area contributed by atoms with Gasteiger partial charge in [-0.3, -0.25) is 0 Å². The molecule has 2 aliphatic rings. The highest BCUT2D eigenvalue weighted by atomic mass is 15.4. The molecule has 0 bridgehead atoms. The molecule has 1 aromatic rings. The maximum absolute atomic E-state index is 4.44. The first-order chi connectivity index (χ1) is 9.38. The van der Waals surface area contributed by atoms with Crippen LogP contribution in [-0.2, 0) is 13.1 Å². The quantitative estimate of drug-likeness (QED) is 0.857. The van der Waals surface area contributed by atoms with Crippen LogP contribution in [0.1, 0.15) is 68.7 Å². The van der Waals surface area contributed by atoms with Crippen LogP contribution in [0.15, 0.2) is 0 Å². The summed E-state index contributed by atoms with van der Waals surface area (Å²) in [5.74, 6) is 1.66. The third-order valence-electron chi connectivity index (χ3n) is 4.91. The largest absolute Gasteiger partial charge is 0.314 e. The summed E-state index contributed by atoms with van der Waals surface area (Å²) in [6.45, 7) is 1.93. The molecule has 4 heteroatoms. The van der Waals surface area contributed by atoms with Crippen molar-refractivity contribution in [2.75, 3.05) is 7.05 Å². The zero-order valence-corrected chi connectivity index (χ0v) is 12.1. The molecule has 0 aromatic carbocycles. The number of nitrogens with zero attached hydrogens (tertiary/aromatic N) is 3. The standard InChI is InChI=1S/C15H26N4/c1-16-11-14-15(13-7-2-3-8-13)19(18-17-14)10-9-12-5-4-6-12/h12-13,16H,2-11H2,1H3. The molecule has 0 amide bonds. The topological polar surface area (TPSA) is 42.7 Å². The van der Waals surface area contributed by atoms with Gasteiger partial charge in [0.15, 0.2) is 0 Å². The Labute approximate surface area is 116 Å².